The molecule has 0 spiro atoms. The molecule has 0 saturated carbocycles. The van der Waals surface area contributed by atoms with Crippen LogP contribution in [0.3, 0.4) is 0 Å². The molecule has 0 aliphatic rings. The molecule has 1 N–H and O–H groups in total. The molecule has 28 heavy (non-hydrogen) atoms. The van der Waals surface area contributed by atoms with E-state index in [1.807, 2.05) is 0 Å². The lowest BCUT2D eigenvalue weighted by Gasteiger charge is -2.07. The summed E-state index contributed by atoms with van der Waals surface area (Å²) < 4.78 is 10.9. The van der Waals surface area contributed by atoms with E-state index in [2.05, 4.69) is 10.4 Å². The van der Waals surface area contributed by atoms with E-state index >= 15 is 0 Å². The molecule has 150 valence electrons. The first-order chi connectivity index (χ1) is 13.2. The SMILES string of the molecule is CCOC(=O)c1c(NC(=O)Cn2cc([N+](=O)[O-])c(OC)n2)sc(C(C)=O)c1C. The Balaban J connectivity index is 2.28. The standard InChI is InChI=1S/C16H18N4O7S/c1-5-27-16(23)12-8(2)13(9(3)21)28-15(12)17-11(22)7-19-6-10(20(24)25)14(18-19)26-4/h6H,5,7H2,1-4H3,(H,17,22). The highest BCUT2D eigenvalue weighted by Gasteiger charge is 2.26. The summed E-state index contributed by atoms with van der Waals surface area (Å²) in [6, 6.07) is 0. The molecule has 2 aromatic heterocycles. The van der Waals surface area contributed by atoms with Crippen LogP contribution in [0.1, 0.15) is 39.4 Å². The zero-order chi connectivity index (χ0) is 21.0. The number of thiophene rings is 1. The van der Waals surface area contributed by atoms with Gasteiger partial charge in [-0.3, -0.25) is 24.4 Å². The minimum atomic E-state index is -0.680. The molecule has 11 nitrogen and oxygen atoms in total. The van der Waals surface area contributed by atoms with Gasteiger partial charge in [0.05, 0.1) is 29.1 Å². The Bertz CT molecular complexity index is 947. The molecule has 0 fully saturated rings. The van der Waals surface area contributed by atoms with Crippen LogP contribution in [-0.4, -0.2) is 46.1 Å². The van der Waals surface area contributed by atoms with Crippen molar-refractivity contribution in [2.24, 2.45) is 0 Å². The van der Waals surface area contributed by atoms with Crippen LogP contribution >= 0.6 is 11.3 Å². The van der Waals surface area contributed by atoms with Gasteiger partial charge in [-0.15, -0.1) is 16.4 Å². The van der Waals surface area contributed by atoms with Crippen LogP contribution in [0.15, 0.2) is 6.20 Å². The smallest absolute Gasteiger partial charge is 0.350 e. The number of ether oxygens (including phenoxy) is 2. The van der Waals surface area contributed by atoms with Crippen LogP contribution in [0.5, 0.6) is 5.88 Å². The van der Waals surface area contributed by atoms with Crippen LogP contribution in [-0.2, 0) is 16.1 Å². The van der Waals surface area contributed by atoms with Gasteiger partial charge in [-0.1, -0.05) is 0 Å². The van der Waals surface area contributed by atoms with Gasteiger partial charge < -0.3 is 14.8 Å². The second-order valence-corrected chi connectivity index (χ2v) is 6.58. The number of Topliss-reactive ketones (excluding diaryl/α,β-unsaturated/α-hetero) is 1. The van der Waals surface area contributed by atoms with E-state index in [9.17, 15) is 24.5 Å². The minimum Gasteiger partial charge on any atom is -0.475 e. The molecule has 0 aliphatic carbocycles. The summed E-state index contributed by atoms with van der Waals surface area (Å²) in [4.78, 5) is 47.0. The van der Waals surface area contributed by atoms with Gasteiger partial charge >= 0.3 is 17.5 Å². The average molecular weight is 410 g/mol. The van der Waals surface area contributed by atoms with E-state index in [4.69, 9.17) is 9.47 Å². The number of carbonyl (C=O) groups is 3. The van der Waals surface area contributed by atoms with Crippen molar-refractivity contribution in [1.82, 2.24) is 9.78 Å². The minimum absolute atomic E-state index is 0.106. The van der Waals surface area contributed by atoms with E-state index in [0.717, 1.165) is 22.2 Å². The molecule has 1 amide bonds. The molecule has 0 aliphatic heterocycles. The summed E-state index contributed by atoms with van der Waals surface area (Å²) in [5.74, 6) is -1.73. The number of hydrogen-bond donors (Lipinski definition) is 1. The zero-order valence-electron chi connectivity index (χ0n) is 15.6. The summed E-state index contributed by atoms with van der Waals surface area (Å²) in [6.45, 7) is 4.36. The second kappa shape index (κ2) is 8.61. The Morgan fingerprint density at radius 3 is 2.57 bits per heavy atom. The number of carbonyl (C=O) groups excluding carboxylic acids is 3. The second-order valence-electron chi connectivity index (χ2n) is 5.56. The molecule has 12 heteroatoms. The van der Waals surface area contributed by atoms with Gasteiger partial charge in [0.15, 0.2) is 5.78 Å². The van der Waals surface area contributed by atoms with Crippen molar-refractivity contribution in [3.05, 3.63) is 32.3 Å². The van der Waals surface area contributed by atoms with Crippen molar-refractivity contribution in [1.29, 1.82) is 0 Å². The maximum absolute atomic E-state index is 12.4. The van der Waals surface area contributed by atoms with Gasteiger partial charge in [0.1, 0.15) is 17.7 Å². The Morgan fingerprint density at radius 2 is 2.07 bits per heavy atom. The monoisotopic (exact) mass is 410 g/mol. The number of nitro groups is 1. The van der Waals surface area contributed by atoms with Crippen molar-refractivity contribution >= 4 is 39.7 Å². The lowest BCUT2D eigenvalue weighted by Crippen LogP contribution is -2.20. The maximum Gasteiger partial charge on any atom is 0.350 e. The fraction of sp³-hybridized carbons (Fsp3) is 0.375. The van der Waals surface area contributed by atoms with Gasteiger partial charge in [-0.25, -0.2) is 4.79 Å². The summed E-state index contributed by atoms with van der Waals surface area (Å²) in [7, 11) is 1.23. The summed E-state index contributed by atoms with van der Waals surface area (Å²) in [6.07, 6.45) is 1.06. The molecule has 0 radical (unpaired) electrons. The molecule has 0 atom stereocenters. The number of nitrogens with zero attached hydrogens (tertiary/aromatic N) is 3. The van der Waals surface area contributed by atoms with Crippen molar-refractivity contribution in [3.8, 4) is 5.88 Å². The highest BCUT2D eigenvalue weighted by molar-refractivity contribution is 7.18. The Morgan fingerprint density at radius 1 is 1.39 bits per heavy atom. The largest absolute Gasteiger partial charge is 0.475 e. The van der Waals surface area contributed by atoms with Crippen molar-refractivity contribution < 1.29 is 28.8 Å². The first-order valence-corrected chi connectivity index (χ1v) is 8.88. The van der Waals surface area contributed by atoms with Crippen LogP contribution in [0, 0.1) is 17.0 Å². The molecule has 2 heterocycles. The normalized spacial score (nSPS) is 10.4. The molecule has 0 aromatic carbocycles. The van der Waals surface area contributed by atoms with Crippen molar-refractivity contribution in [3.63, 3.8) is 0 Å². The fourth-order valence-electron chi connectivity index (χ4n) is 2.44. The van der Waals surface area contributed by atoms with Gasteiger partial charge in [-0.05, 0) is 26.3 Å². The lowest BCUT2D eigenvalue weighted by molar-refractivity contribution is -0.385. The van der Waals surface area contributed by atoms with E-state index in [1.54, 1.807) is 13.8 Å². The number of rotatable bonds is 8. The van der Waals surface area contributed by atoms with Crippen LogP contribution in [0.2, 0.25) is 0 Å². The predicted octanol–water partition coefficient (Wildman–Crippen LogP) is 2.19. The number of ketones is 1. The molecule has 2 rings (SSSR count). The number of amides is 1. The van der Waals surface area contributed by atoms with E-state index in [1.165, 1.54) is 14.0 Å². The first kappa shape index (κ1) is 21.0. The molecule has 2 aromatic rings. The summed E-state index contributed by atoms with van der Waals surface area (Å²) in [5.41, 5.74) is 0.144. The number of aromatic nitrogens is 2. The molecular formula is C16H18N4O7S. The third kappa shape index (κ3) is 4.34. The Kier molecular flexibility index (Phi) is 6.46. The highest BCUT2D eigenvalue weighted by Crippen LogP contribution is 2.34. The van der Waals surface area contributed by atoms with Crippen LogP contribution in [0.25, 0.3) is 0 Å². The van der Waals surface area contributed by atoms with E-state index < -0.39 is 16.8 Å². The van der Waals surface area contributed by atoms with Crippen molar-refractivity contribution in [2.45, 2.75) is 27.3 Å². The van der Waals surface area contributed by atoms with E-state index in [-0.39, 0.29) is 41.1 Å². The van der Waals surface area contributed by atoms with Crippen LogP contribution < -0.4 is 10.1 Å². The first-order valence-electron chi connectivity index (χ1n) is 8.06. The summed E-state index contributed by atoms with van der Waals surface area (Å²) >= 11 is 0.960. The lowest BCUT2D eigenvalue weighted by atomic mass is 10.1. The maximum atomic E-state index is 12.4. The topological polar surface area (TPSA) is 143 Å². The highest BCUT2D eigenvalue weighted by atomic mass is 32.1. The Labute approximate surface area is 163 Å². The third-order valence-corrected chi connectivity index (χ3v) is 4.91. The van der Waals surface area contributed by atoms with Gasteiger partial charge in [-0.2, -0.15) is 0 Å². The summed E-state index contributed by atoms with van der Waals surface area (Å²) in [5, 5.41) is 17.5. The number of hydrogen-bond acceptors (Lipinski definition) is 9. The van der Waals surface area contributed by atoms with Crippen LogP contribution in [0.4, 0.5) is 10.7 Å². The molecule has 0 bridgehead atoms. The number of anilines is 1. The van der Waals surface area contributed by atoms with E-state index in [0.29, 0.717) is 10.4 Å². The average Bonchev–Trinajstić information content (AvgIpc) is 3.16. The van der Waals surface area contributed by atoms with Crippen molar-refractivity contribution in [2.75, 3.05) is 19.0 Å². The fourth-order valence-corrected chi connectivity index (χ4v) is 3.55. The molecule has 0 saturated heterocycles. The number of methoxy groups -OCH3 is 1. The van der Waals surface area contributed by atoms with Gasteiger partial charge in [0.25, 0.3) is 0 Å². The van der Waals surface area contributed by atoms with Gasteiger partial charge in [0, 0.05) is 0 Å². The Hall–Kier alpha value is -3.28. The zero-order valence-corrected chi connectivity index (χ0v) is 16.4. The predicted molar refractivity (Wildman–Crippen MR) is 99.1 cm³/mol. The van der Waals surface area contributed by atoms with Gasteiger partial charge in [0.2, 0.25) is 5.91 Å². The number of esters is 1. The quantitative estimate of drug-likeness (QED) is 0.302. The number of nitrogens with one attached hydrogen (secondary N) is 1. The third-order valence-electron chi connectivity index (χ3n) is 3.60. The molecular weight excluding hydrogens is 392 g/mol. The molecule has 0 unspecified atom stereocenters.